The Morgan fingerprint density at radius 2 is 1.72 bits per heavy atom. The van der Waals surface area contributed by atoms with Gasteiger partial charge in [0.15, 0.2) is 11.2 Å². The lowest BCUT2D eigenvalue weighted by atomic mass is 9.97. The number of para-hydroxylation sites is 1. The van der Waals surface area contributed by atoms with E-state index in [-0.39, 0.29) is 23.1 Å². The van der Waals surface area contributed by atoms with Crippen LogP contribution < -0.4 is 20.5 Å². The average Bonchev–Trinajstić information content (AvgIpc) is 3.07. The van der Waals surface area contributed by atoms with E-state index in [2.05, 4.69) is 34.5 Å². The lowest BCUT2D eigenvalue weighted by molar-refractivity contribution is -0.133. The Bertz CT molecular complexity index is 1840. The summed E-state index contributed by atoms with van der Waals surface area (Å²) < 4.78 is 5.93. The van der Waals surface area contributed by atoms with Gasteiger partial charge in [-0.05, 0) is 79.6 Å². The number of fused-ring (bicyclic) bond motifs is 1. The van der Waals surface area contributed by atoms with E-state index in [0.717, 1.165) is 56.6 Å². The topological polar surface area (TPSA) is 86.1 Å². The number of benzene rings is 3. The Labute approximate surface area is 280 Å². The van der Waals surface area contributed by atoms with Crippen LogP contribution in [0.4, 0.5) is 11.4 Å². The number of piperidine rings is 2. The lowest BCUT2D eigenvalue weighted by Gasteiger charge is -2.34. The summed E-state index contributed by atoms with van der Waals surface area (Å²) in [4.78, 5) is 45.3. The van der Waals surface area contributed by atoms with Crippen LogP contribution in [0.3, 0.4) is 0 Å². The second kappa shape index (κ2) is 14.5. The zero-order valence-electron chi connectivity index (χ0n) is 27.0. The van der Waals surface area contributed by atoms with Crippen LogP contribution in [0.2, 0.25) is 5.02 Å². The summed E-state index contributed by atoms with van der Waals surface area (Å²) in [5.74, 6) is -0.210. The number of amides is 2. The molecule has 1 N–H and O–H groups in total. The van der Waals surface area contributed by atoms with Crippen LogP contribution in [0, 0.1) is 0 Å². The van der Waals surface area contributed by atoms with Crippen LogP contribution in [0.25, 0.3) is 11.0 Å². The first kappa shape index (κ1) is 32.4. The van der Waals surface area contributed by atoms with Gasteiger partial charge in [-0.2, -0.15) is 0 Å². The summed E-state index contributed by atoms with van der Waals surface area (Å²) in [6.45, 7) is 3.14. The first-order chi connectivity index (χ1) is 22.7. The van der Waals surface area contributed by atoms with Gasteiger partial charge in [-0.3, -0.25) is 14.4 Å². The molecule has 0 radical (unpaired) electrons. The summed E-state index contributed by atoms with van der Waals surface area (Å²) >= 11 is 6.14. The number of hydrogen-bond donors (Lipinski definition) is 1. The smallest absolute Gasteiger partial charge is 0.287 e. The van der Waals surface area contributed by atoms with E-state index in [1.54, 1.807) is 12.1 Å². The third-order valence-corrected chi connectivity index (χ3v) is 9.35. The van der Waals surface area contributed by atoms with Crippen LogP contribution in [0.5, 0.6) is 0 Å². The first-order valence-corrected chi connectivity index (χ1v) is 16.7. The number of rotatable bonds is 9. The van der Waals surface area contributed by atoms with Crippen LogP contribution in [-0.4, -0.2) is 56.5 Å². The maximum atomic E-state index is 13.5. The van der Waals surface area contributed by atoms with Crippen molar-refractivity contribution in [2.45, 2.75) is 51.1 Å². The summed E-state index contributed by atoms with van der Waals surface area (Å²) in [6.07, 6.45) is 7.10. The maximum Gasteiger partial charge on any atom is 0.287 e. The molecular formula is C38H41ClN4O4. The normalized spacial score (nSPS) is 15.9. The molecule has 244 valence electrons. The van der Waals surface area contributed by atoms with E-state index >= 15 is 0 Å². The molecule has 2 aliphatic heterocycles. The highest BCUT2D eigenvalue weighted by atomic mass is 35.5. The van der Waals surface area contributed by atoms with Crippen molar-refractivity contribution in [2.75, 3.05) is 43.5 Å². The fourth-order valence-corrected chi connectivity index (χ4v) is 6.60. The molecule has 0 spiro atoms. The minimum atomic E-state index is -0.435. The Morgan fingerprint density at radius 3 is 2.47 bits per heavy atom. The molecule has 6 rings (SSSR count). The summed E-state index contributed by atoms with van der Waals surface area (Å²) in [5.41, 5.74) is 5.65. The summed E-state index contributed by atoms with van der Waals surface area (Å²) in [5, 5.41) is 4.21. The number of anilines is 2. The van der Waals surface area contributed by atoms with Crippen molar-refractivity contribution in [3.8, 4) is 0 Å². The molecule has 2 amide bonds. The third-order valence-electron chi connectivity index (χ3n) is 9.09. The Morgan fingerprint density at radius 1 is 0.957 bits per heavy atom. The lowest BCUT2D eigenvalue weighted by Crippen LogP contribution is -2.37. The fraction of sp³-hybridized carbons (Fsp3) is 0.342. The fourth-order valence-electron chi connectivity index (χ4n) is 6.47. The number of carbonyl (C=O) groups is 2. The monoisotopic (exact) mass is 652 g/mol. The first-order valence-electron chi connectivity index (χ1n) is 16.3. The molecule has 2 fully saturated rings. The van der Waals surface area contributed by atoms with Gasteiger partial charge in [0, 0.05) is 69.2 Å². The minimum absolute atomic E-state index is 0.0155. The molecule has 2 aliphatic rings. The minimum Gasteiger partial charge on any atom is -0.451 e. The second-order valence-electron chi connectivity index (χ2n) is 12.7. The zero-order chi connectivity index (χ0) is 32.9. The molecule has 0 aliphatic carbocycles. The molecule has 8 nitrogen and oxygen atoms in total. The largest absolute Gasteiger partial charge is 0.451 e. The van der Waals surface area contributed by atoms with E-state index < -0.39 is 5.91 Å². The van der Waals surface area contributed by atoms with E-state index in [4.69, 9.17) is 16.0 Å². The highest BCUT2D eigenvalue weighted by Gasteiger charge is 2.23. The Kier molecular flexibility index (Phi) is 9.97. The molecule has 3 heterocycles. The van der Waals surface area contributed by atoms with Crippen molar-refractivity contribution in [3.05, 3.63) is 117 Å². The average molecular weight is 653 g/mol. The van der Waals surface area contributed by atoms with Crippen LogP contribution in [0.1, 0.15) is 53.8 Å². The number of nitrogens with zero attached hydrogens (tertiary/aromatic N) is 3. The van der Waals surface area contributed by atoms with Crippen molar-refractivity contribution >= 4 is 45.8 Å². The van der Waals surface area contributed by atoms with Gasteiger partial charge >= 0.3 is 0 Å². The van der Waals surface area contributed by atoms with Gasteiger partial charge in [0.2, 0.25) is 5.91 Å². The van der Waals surface area contributed by atoms with Crippen molar-refractivity contribution in [3.63, 3.8) is 0 Å². The zero-order valence-corrected chi connectivity index (χ0v) is 27.8. The van der Waals surface area contributed by atoms with Crippen molar-refractivity contribution in [2.24, 2.45) is 0 Å². The number of nitrogens with one attached hydrogen (secondary N) is 1. The van der Waals surface area contributed by atoms with Gasteiger partial charge in [0.1, 0.15) is 5.58 Å². The number of likely N-dealkylation sites (tertiary alicyclic amines) is 1. The molecule has 4 aromatic rings. The van der Waals surface area contributed by atoms with Crippen LogP contribution in [0.15, 0.2) is 93.7 Å². The van der Waals surface area contributed by atoms with Crippen molar-refractivity contribution < 1.29 is 14.0 Å². The molecule has 47 heavy (non-hydrogen) atoms. The van der Waals surface area contributed by atoms with E-state index in [0.29, 0.717) is 35.4 Å². The number of halogens is 1. The highest BCUT2D eigenvalue weighted by molar-refractivity contribution is 6.30. The van der Waals surface area contributed by atoms with Crippen molar-refractivity contribution in [1.29, 1.82) is 0 Å². The Hall–Kier alpha value is -4.56. The molecule has 0 bridgehead atoms. The van der Waals surface area contributed by atoms with Crippen LogP contribution in [-0.2, 0) is 17.8 Å². The molecule has 0 unspecified atom stereocenters. The summed E-state index contributed by atoms with van der Waals surface area (Å²) in [7, 11) is 3.81. The predicted octanol–water partition coefficient (Wildman–Crippen LogP) is 6.59. The third kappa shape index (κ3) is 7.88. The quantitative estimate of drug-likeness (QED) is 0.205. The van der Waals surface area contributed by atoms with E-state index in [1.165, 1.54) is 22.9 Å². The molecule has 1 aromatic heterocycles. The molecular weight excluding hydrogens is 612 g/mol. The molecule has 1 atom stereocenters. The Balaban J connectivity index is 1.19. The summed E-state index contributed by atoms with van der Waals surface area (Å²) in [6, 6.07) is 22.3. The number of hydrogen-bond acceptors (Lipinski definition) is 6. The molecule has 3 aromatic carbocycles. The van der Waals surface area contributed by atoms with Crippen molar-refractivity contribution in [1.82, 2.24) is 10.2 Å². The van der Waals surface area contributed by atoms with Gasteiger partial charge in [0.05, 0.1) is 11.4 Å². The standard InChI is InChI=1S/C38H41ClN4O4/c1-41(2)31-14-15-35-32(23-31)34(44)24-36(47-35)38(46)40-30(21-26-10-12-29(39)13-11-26)22-27-16-19-42(20-17-27)33-8-4-3-7-28(33)25-43-18-6-5-9-37(43)45/h3-4,7-8,10-15,22-24,30H,5-6,9,16-21,25H2,1-2H3,(H,40,46)/t30-/m1/s1. The second-order valence-corrected chi connectivity index (χ2v) is 13.1. The van der Waals surface area contributed by atoms with Gasteiger partial charge in [-0.25, -0.2) is 0 Å². The van der Waals surface area contributed by atoms with Gasteiger partial charge < -0.3 is 24.4 Å². The van der Waals surface area contributed by atoms with E-state index in [1.807, 2.05) is 60.3 Å². The highest BCUT2D eigenvalue weighted by Crippen LogP contribution is 2.29. The van der Waals surface area contributed by atoms with Gasteiger partial charge in [0.25, 0.3) is 5.91 Å². The van der Waals surface area contributed by atoms with Gasteiger partial charge in [-0.1, -0.05) is 53.6 Å². The van der Waals surface area contributed by atoms with E-state index in [9.17, 15) is 14.4 Å². The number of carbonyl (C=O) groups excluding carboxylic acids is 2. The van der Waals surface area contributed by atoms with Gasteiger partial charge in [-0.15, -0.1) is 0 Å². The molecule has 2 saturated heterocycles. The SMILES string of the molecule is CN(C)c1ccc2oc(C(=O)N[C@@H](C=C3CCN(c4ccccc4CN4CCCCC4=O)CC3)Cc3ccc(Cl)cc3)cc(=O)c2c1. The molecule has 9 heteroatoms. The van der Waals surface area contributed by atoms with Crippen LogP contribution >= 0.6 is 11.6 Å². The predicted molar refractivity (Wildman–Crippen MR) is 188 cm³/mol. The molecule has 0 saturated carbocycles. The maximum absolute atomic E-state index is 13.5.